The van der Waals surface area contributed by atoms with Crippen LogP contribution >= 0.6 is 11.3 Å². The van der Waals surface area contributed by atoms with Crippen LogP contribution < -0.4 is 20.5 Å². The van der Waals surface area contributed by atoms with E-state index in [0.717, 1.165) is 23.3 Å². The van der Waals surface area contributed by atoms with Crippen molar-refractivity contribution in [3.63, 3.8) is 0 Å². The van der Waals surface area contributed by atoms with Gasteiger partial charge >= 0.3 is 5.97 Å². The van der Waals surface area contributed by atoms with Gasteiger partial charge in [-0.15, -0.1) is 11.3 Å². The third kappa shape index (κ3) is 4.61. The Labute approximate surface area is 165 Å². The number of esters is 1. The first-order chi connectivity index (χ1) is 13.2. The van der Waals surface area contributed by atoms with Gasteiger partial charge in [-0.25, -0.2) is 4.79 Å². The minimum Gasteiger partial charge on any atom is -0.483 e. The molecule has 3 rings (SSSR count). The molecule has 2 heterocycles. The topological polar surface area (TPSA) is 117 Å². The zero-order valence-electron chi connectivity index (χ0n) is 15.4. The average molecular weight is 404 g/mol. The summed E-state index contributed by atoms with van der Waals surface area (Å²) in [5, 5.41) is 4.42. The number of nitrogens with two attached hydrogens (primary N) is 1. The van der Waals surface area contributed by atoms with Gasteiger partial charge in [0.15, 0.2) is 24.7 Å². The maximum atomic E-state index is 11.9. The Hall–Kier alpha value is -3.07. The Morgan fingerprint density at radius 3 is 2.79 bits per heavy atom. The fraction of sp³-hybridized carbons (Fsp3) is 0.316. The second-order valence-corrected chi connectivity index (χ2v) is 7.72. The number of benzene rings is 1. The molecule has 148 valence electrons. The minimum absolute atomic E-state index is 0.203. The van der Waals surface area contributed by atoms with Gasteiger partial charge in [-0.2, -0.15) is 0 Å². The maximum absolute atomic E-state index is 11.9. The van der Waals surface area contributed by atoms with Crippen molar-refractivity contribution in [2.75, 3.05) is 18.5 Å². The molecule has 0 aliphatic carbocycles. The van der Waals surface area contributed by atoms with Gasteiger partial charge in [-0.1, -0.05) is 12.1 Å². The molecule has 0 saturated carbocycles. The molecule has 1 aliphatic heterocycles. The Kier molecular flexibility index (Phi) is 5.55. The summed E-state index contributed by atoms with van der Waals surface area (Å²) in [6.45, 7) is 3.08. The molecule has 0 saturated heterocycles. The number of carbonyl (C=O) groups excluding carboxylic acids is 3. The zero-order valence-corrected chi connectivity index (χ0v) is 16.3. The lowest BCUT2D eigenvalue weighted by Gasteiger charge is -2.18. The van der Waals surface area contributed by atoms with Gasteiger partial charge < -0.3 is 25.3 Å². The summed E-state index contributed by atoms with van der Waals surface area (Å²) < 4.78 is 16.3. The molecule has 28 heavy (non-hydrogen) atoms. The van der Waals surface area contributed by atoms with Crippen LogP contribution in [0.3, 0.4) is 0 Å². The fourth-order valence-corrected chi connectivity index (χ4v) is 3.60. The Morgan fingerprint density at radius 1 is 1.25 bits per heavy atom. The van der Waals surface area contributed by atoms with Crippen LogP contribution in [0.1, 0.15) is 29.8 Å². The number of fused-ring (bicyclic) bond motifs is 1. The van der Waals surface area contributed by atoms with Crippen LogP contribution in [0.2, 0.25) is 0 Å². The number of nitrogens with one attached hydrogen (secondary N) is 1. The molecule has 0 spiro atoms. The predicted molar refractivity (Wildman–Crippen MR) is 103 cm³/mol. The van der Waals surface area contributed by atoms with E-state index in [-0.39, 0.29) is 17.8 Å². The third-order valence-electron chi connectivity index (χ3n) is 3.95. The number of rotatable bonds is 7. The van der Waals surface area contributed by atoms with Gasteiger partial charge in [0.1, 0.15) is 10.6 Å². The fourth-order valence-electron chi connectivity index (χ4n) is 2.79. The van der Waals surface area contributed by atoms with Gasteiger partial charge in [0.25, 0.3) is 11.8 Å². The van der Waals surface area contributed by atoms with Crippen LogP contribution in [0.25, 0.3) is 0 Å². The van der Waals surface area contributed by atoms with E-state index in [2.05, 4.69) is 5.32 Å². The number of hydrogen-bond donors (Lipinski definition) is 2. The standard InChI is InChI=1S/C19H20N2O6S/c1-19(2)8-11-4-3-5-13(16(11)27-19)25-10-15(23)26-9-14(22)21-18-12(17(20)24)6-7-28-18/h3-7H,8-10H2,1-2H3,(H2,20,24)(H,21,22). The van der Waals surface area contributed by atoms with Crippen LogP contribution in [0.5, 0.6) is 11.5 Å². The molecule has 0 fully saturated rings. The molecule has 0 unspecified atom stereocenters. The van der Waals surface area contributed by atoms with Gasteiger partial charge in [0.05, 0.1) is 5.56 Å². The molecular formula is C19H20N2O6S. The highest BCUT2D eigenvalue weighted by atomic mass is 32.1. The molecule has 2 amide bonds. The first-order valence-corrected chi connectivity index (χ1v) is 9.39. The lowest BCUT2D eigenvalue weighted by atomic mass is 10.0. The summed E-state index contributed by atoms with van der Waals surface area (Å²) in [6, 6.07) is 6.99. The molecule has 1 aromatic heterocycles. The van der Waals surface area contributed by atoms with E-state index in [9.17, 15) is 14.4 Å². The molecule has 3 N–H and O–H groups in total. The van der Waals surface area contributed by atoms with Crippen LogP contribution in [-0.4, -0.2) is 36.6 Å². The summed E-state index contributed by atoms with van der Waals surface area (Å²) in [7, 11) is 0. The summed E-state index contributed by atoms with van der Waals surface area (Å²) in [4.78, 5) is 35.0. The van der Waals surface area contributed by atoms with Crippen molar-refractivity contribution in [2.45, 2.75) is 25.9 Å². The van der Waals surface area contributed by atoms with E-state index in [0.29, 0.717) is 16.5 Å². The molecule has 8 nitrogen and oxygen atoms in total. The quantitative estimate of drug-likeness (QED) is 0.683. The lowest BCUT2D eigenvalue weighted by Crippen LogP contribution is -2.25. The number of para-hydroxylation sites is 1. The highest BCUT2D eigenvalue weighted by Gasteiger charge is 2.32. The third-order valence-corrected chi connectivity index (χ3v) is 4.78. The van der Waals surface area contributed by atoms with Crippen molar-refractivity contribution in [1.82, 2.24) is 0 Å². The maximum Gasteiger partial charge on any atom is 0.344 e. The lowest BCUT2D eigenvalue weighted by molar-refractivity contribution is -0.149. The highest BCUT2D eigenvalue weighted by Crippen LogP contribution is 2.41. The highest BCUT2D eigenvalue weighted by molar-refractivity contribution is 7.14. The molecule has 1 aliphatic rings. The number of ether oxygens (including phenoxy) is 3. The van der Waals surface area contributed by atoms with Gasteiger partial charge in [0, 0.05) is 12.0 Å². The number of carbonyl (C=O) groups is 3. The van der Waals surface area contributed by atoms with Crippen LogP contribution in [0.4, 0.5) is 5.00 Å². The van der Waals surface area contributed by atoms with E-state index in [1.165, 1.54) is 6.07 Å². The van der Waals surface area contributed by atoms with Crippen molar-refractivity contribution < 1.29 is 28.6 Å². The van der Waals surface area contributed by atoms with E-state index in [4.69, 9.17) is 19.9 Å². The zero-order chi connectivity index (χ0) is 20.3. The average Bonchev–Trinajstić information content (AvgIpc) is 3.20. The van der Waals surface area contributed by atoms with Gasteiger partial charge in [-0.05, 0) is 31.4 Å². The van der Waals surface area contributed by atoms with Gasteiger partial charge in [0.2, 0.25) is 0 Å². The summed E-state index contributed by atoms with van der Waals surface area (Å²) in [6.07, 6.45) is 0.750. The number of hydrogen-bond acceptors (Lipinski definition) is 7. The number of thiophene rings is 1. The molecule has 0 atom stereocenters. The number of primary amides is 1. The number of amides is 2. The Balaban J connectivity index is 1.48. The van der Waals surface area contributed by atoms with E-state index in [1.54, 1.807) is 11.4 Å². The second kappa shape index (κ2) is 7.89. The van der Waals surface area contributed by atoms with E-state index in [1.807, 2.05) is 26.0 Å². The molecule has 1 aromatic carbocycles. The molecule has 9 heteroatoms. The SMILES string of the molecule is CC1(C)Cc2cccc(OCC(=O)OCC(=O)Nc3sccc3C(N)=O)c2O1. The van der Waals surface area contributed by atoms with Gasteiger partial charge in [-0.3, -0.25) is 9.59 Å². The first kappa shape index (κ1) is 19.7. The first-order valence-electron chi connectivity index (χ1n) is 8.51. The van der Waals surface area contributed by atoms with Crippen molar-refractivity contribution in [2.24, 2.45) is 5.73 Å². The van der Waals surface area contributed by atoms with Crippen molar-refractivity contribution in [1.29, 1.82) is 0 Å². The smallest absolute Gasteiger partial charge is 0.344 e. The number of anilines is 1. The summed E-state index contributed by atoms with van der Waals surface area (Å²) in [5.41, 5.74) is 6.10. The molecule has 0 bridgehead atoms. The largest absolute Gasteiger partial charge is 0.483 e. The Morgan fingerprint density at radius 2 is 2.04 bits per heavy atom. The van der Waals surface area contributed by atoms with Crippen molar-refractivity contribution in [3.8, 4) is 11.5 Å². The van der Waals surface area contributed by atoms with Crippen molar-refractivity contribution in [3.05, 3.63) is 40.8 Å². The predicted octanol–water partition coefficient (Wildman–Crippen LogP) is 2.12. The molecule has 0 radical (unpaired) electrons. The van der Waals surface area contributed by atoms with Crippen LogP contribution in [0, 0.1) is 0 Å². The normalized spacial score (nSPS) is 13.9. The second-order valence-electron chi connectivity index (χ2n) is 6.81. The Bertz CT molecular complexity index is 921. The van der Waals surface area contributed by atoms with E-state index < -0.39 is 24.4 Å². The monoisotopic (exact) mass is 404 g/mol. The summed E-state index contributed by atoms with van der Waals surface area (Å²) >= 11 is 1.15. The minimum atomic E-state index is -0.702. The summed E-state index contributed by atoms with van der Waals surface area (Å²) in [5.74, 6) is -0.859. The van der Waals surface area contributed by atoms with Crippen molar-refractivity contribution >= 4 is 34.1 Å². The van der Waals surface area contributed by atoms with Crippen LogP contribution in [0.15, 0.2) is 29.6 Å². The molecular weight excluding hydrogens is 384 g/mol. The molecule has 2 aromatic rings. The van der Waals surface area contributed by atoms with E-state index >= 15 is 0 Å². The van der Waals surface area contributed by atoms with Crippen LogP contribution in [-0.2, 0) is 20.7 Å².